The Labute approximate surface area is 81.6 Å². The number of nitrogen functional groups attached to an aromatic ring is 1. The first kappa shape index (κ1) is 10.3. The summed E-state index contributed by atoms with van der Waals surface area (Å²) >= 11 is 0. The van der Waals surface area contributed by atoms with Crippen molar-refractivity contribution in [3.05, 3.63) is 23.8 Å². The summed E-state index contributed by atoms with van der Waals surface area (Å²) in [6, 6.07) is 5.54. The molecule has 13 heavy (non-hydrogen) atoms. The van der Waals surface area contributed by atoms with Gasteiger partial charge in [0.25, 0.3) is 0 Å². The summed E-state index contributed by atoms with van der Waals surface area (Å²) < 4.78 is 11.7. The summed E-state index contributed by atoms with van der Waals surface area (Å²) in [4.78, 5) is 0.863. The Kier molecular flexibility index (Phi) is 3.09. The Morgan fingerprint density at radius 1 is 1.38 bits per heavy atom. The van der Waals surface area contributed by atoms with E-state index in [-0.39, 0.29) is 5.25 Å². The first-order chi connectivity index (χ1) is 6.02. The molecule has 0 fully saturated rings. The van der Waals surface area contributed by atoms with Gasteiger partial charge in [0.15, 0.2) is 0 Å². The minimum Gasteiger partial charge on any atom is -0.399 e. The molecular weight excluding hydrogens is 182 g/mol. The molecule has 2 N–H and O–H groups in total. The smallest absolute Gasteiger partial charge is 0.0555 e. The van der Waals surface area contributed by atoms with Gasteiger partial charge in [-0.05, 0) is 30.7 Å². The molecule has 2 nitrogen and oxygen atoms in total. The van der Waals surface area contributed by atoms with Crippen molar-refractivity contribution in [2.45, 2.75) is 30.9 Å². The molecule has 1 aromatic carbocycles. The molecule has 0 aliphatic heterocycles. The third kappa shape index (κ3) is 2.31. The lowest BCUT2D eigenvalue weighted by Crippen LogP contribution is -2.06. The molecule has 3 heteroatoms. The fourth-order valence-corrected chi connectivity index (χ4v) is 2.08. The monoisotopic (exact) mass is 197 g/mol. The standard InChI is InChI=1S/C10H15NOS/c1-7(2)13(12)9-4-5-10(11)8(3)6-9/h4-7H,11H2,1-3H3. The molecular formula is C10H15NOS. The van der Waals surface area contributed by atoms with Gasteiger partial charge in [0, 0.05) is 15.8 Å². The molecule has 0 aliphatic rings. The first-order valence-electron chi connectivity index (χ1n) is 4.29. The van der Waals surface area contributed by atoms with Crippen molar-refractivity contribution >= 4 is 16.5 Å². The van der Waals surface area contributed by atoms with Crippen molar-refractivity contribution in [1.29, 1.82) is 0 Å². The number of nitrogens with two attached hydrogens (primary N) is 1. The van der Waals surface area contributed by atoms with Gasteiger partial charge >= 0.3 is 0 Å². The summed E-state index contributed by atoms with van der Waals surface area (Å²) in [6.07, 6.45) is 0. The van der Waals surface area contributed by atoms with Crippen LogP contribution >= 0.6 is 0 Å². The molecule has 0 aliphatic carbocycles. The first-order valence-corrected chi connectivity index (χ1v) is 5.50. The number of benzene rings is 1. The van der Waals surface area contributed by atoms with Gasteiger partial charge in [-0.25, -0.2) is 0 Å². The summed E-state index contributed by atoms with van der Waals surface area (Å²) in [6.45, 7) is 5.82. The second-order valence-corrected chi connectivity index (χ2v) is 5.37. The van der Waals surface area contributed by atoms with Crippen LogP contribution in [-0.4, -0.2) is 9.46 Å². The average Bonchev–Trinajstić information content (AvgIpc) is 2.08. The van der Waals surface area contributed by atoms with Gasteiger partial charge in [0.1, 0.15) is 0 Å². The second kappa shape index (κ2) is 3.92. The molecule has 72 valence electrons. The highest BCUT2D eigenvalue weighted by molar-refractivity contribution is 7.85. The normalized spacial score (nSPS) is 13.2. The number of hydrogen-bond donors (Lipinski definition) is 1. The van der Waals surface area contributed by atoms with Crippen molar-refractivity contribution in [1.82, 2.24) is 0 Å². The predicted molar refractivity (Wildman–Crippen MR) is 57.1 cm³/mol. The maximum Gasteiger partial charge on any atom is 0.0555 e. The van der Waals surface area contributed by atoms with Crippen molar-refractivity contribution in [3.8, 4) is 0 Å². The van der Waals surface area contributed by atoms with Crippen LogP contribution in [0.2, 0.25) is 0 Å². The summed E-state index contributed by atoms with van der Waals surface area (Å²) in [7, 11) is -0.909. The molecule has 1 atom stereocenters. The average molecular weight is 197 g/mol. The summed E-state index contributed by atoms with van der Waals surface area (Å²) in [5, 5.41) is 0.156. The largest absolute Gasteiger partial charge is 0.399 e. The lowest BCUT2D eigenvalue weighted by Gasteiger charge is -2.07. The van der Waals surface area contributed by atoms with E-state index >= 15 is 0 Å². The minimum atomic E-state index is -0.909. The lowest BCUT2D eigenvalue weighted by atomic mass is 10.2. The van der Waals surface area contributed by atoms with E-state index in [9.17, 15) is 4.21 Å². The van der Waals surface area contributed by atoms with E-state index in [1.54, 1.807) is 0 Å². The highest BCUT2D eigenvalue weighted by Gasteiger charge is 2.08. The molecule has 1 unspecified atom stereocenters. The van der Waals surface area contributed by atoms with Crippen LogP contribution in [0.4, 0.5) is 5.69 Å². The van der Waals surface area contributed by atoms with Crippen molar-refractivity contribution < 1.29 is 4.21 Å². The molecule has 0 heterocycles. The fourth-order valence-electron chi connectivity index (χ4n) is 1.05. The zero-order valence-corrected chi connectivity index (χ0v) is 9.02. The number of aryl methyl sites for hydroxylation is 1. The van der Waals surface area contributed by atoms with E-state index in [2.05, 4.69) is 0 Å². The molecule has 1 aromatic rings. The zero-order chi connectivity index (χ0) is 10.0. The van der Waals surface area contributed by atoms with Crippen LogP contribution in [0.1, 0.15) is 19.4 Å². The van der Waals surface area contributed by atoms with Gasteiger partial charge in [-0.1, -0.05) is 13.8 Å². The molecule has 0 saturated carbocycles. The van der Waals surface area contributed by atoms with Crippen molar-refractivity contribution in [2.24, 2.45) is 0 Å². The van der Waals surface area contributed by atoms with Crippen LogP contribution < -0.4 is 5.73 Å². The predicted octanol–water partition coefficient (Wildman–Crippen LogP) is 2.09. The van der Waals surface area contributed by atoms with Gasteiger partial charge in [-0.2, -0.15) is 0 Å². The van der Waals surface area contributed by atoms with E-state index in [0.29, 0.717) is 0 Å². The quantitative estimate of drug-likeness (QED) is 0.738. The van der Waals surface area contributed by atoms with Gasteiger partial charge in [0.05, 0.1) is 10.8 Å². The van der Waals surface area contributed by atoms with E-state index in [4.69, 9.17) is 5.73 Å². The maximum atomic E-state index is 11.7. The Balaban J connectivity index is 3.04. The molecule has 0 aromatic heterocycles. The minimum absolute atomic E-state index is 0.156. The van der Waals surface area contributed by atoms with Crippen LogP contribution in [-0.2, 0) is 10.8 Å². The van der Waals surface area contributed by atoms with Crippen LogP contribution in [0.5, 0.6) is 0 Å². The third-order valence-corrected chi connectivity index (χ3v) is 3.48. The highest BCUT2D eigenvalue weighted by Crippen LogP contribution is 2.17. The second-order valence-electron chi connectivity index (χ2n) is 3.36. The van der Waals surface area contributed by atoms with Gasteiger partial charge in [-0.15, -0.1) is 0 Å². The van der Waals surface area contributed by atoms with Crippen molar-refractivity contribution in [3.63, 3.8) is 0 Å². The van der Waals surface area contributed by atoms with E-state index in [1.165, 1.54) is 0 Å². The van der Waals surface area contributed by atoms with Crippen LogP contribution in [0.3, 0.4) is 0 Å². The molecule has 0 bridgehead atoms. The van der Waals surface area contributed by atoms with E-state index < -0.39 is 10.8 Å². The Hall–Kier alpha value is -0.830. The summed E-state index contributed by atoms with van der Waals surface area (Å²) in [5.41, 5.74) is 7.41. The van der Waals surface area contributed by atoms with Gasteiger partial charge < -0.3 is 5.73 Å². The van der Waals surface area contributed by atoms with E-state index in [1.807, 2.05) is 39.0 Å². The Morgan fingerprint density at radius 3 is 2.46 bits per heavy atom. The van der Waals surface area contributed by atoms with Gasteiger partial charge in [0.2, 0.25) is 0 Å². The maximum absolute atomic E-state index is 11.7. The topological polar surface area (TPSA) is 43.1 Å². The molecule has 0 spiro atoms. The molecule has 0 saturated heterocycles. The van der Waals surface area contributed by atoms with Crippen molar-refractivity contribution in [2.75, 3.05) is 5.73 Å². The van der Waals surface area contributed by atoms with Crippen LogP contribution in [0.25, 0.3) is 0 Å². The fraction of sp³-hybridized carbons (Fsp3) is 0.400. The highest BCUT2D eigenvalue weighted by atomic mass is 32.2. The van der Waals surface area contributed by atoms with Crippen LogP contribution in [0, 0.1) is 6.92 Å². The Morgan fingerprint density at radius 2 is 2.00 bits per heavy atom. The Bertz CT molecular complexity index is 334. The lowest BCUT2D eigenvalue weighted by molar-refractivity contribution is 0.676. The SMILES string of the molecule is Cc1cc(S(=O)C(C)C)ccc1N. The zero-order valence-electron chi connectivity index (χ0n) is 8.20. The molecule has 0 radical (unpaired) electrons. The third-order valence-electron chi connectivity index (χ3n) is 1.90. The van der Waals surface area contributed by atoms with Gasteiger partial charge in [-0.3, -0.25) is 4.21 Å². The van der Waals surface area contributed by atoms with E-state index in [0.717, 1.165) is 16.1 Å². The molecule has 1 rings (SSSR count). The number of anilines is 1. The molecule has 0 amide bonds. The summed E-state index contributed by atoms with van der Waals surface area (Å²) in [5.74, 6) is 0. The number of hydrogen-bond acceptors (Lipinski definition) is 2. The number of rotatable bonds is 2. The van der Waals surface area contributed by atoms with Crippen LogP contribution in [0.15, 0.2) is 23.1 Å².